The molecular weight excluding hydrogens is 282 g/mol. The van der Waals surface area contributed by atoms with Crippen molar-refractivity contribution in [3.8, 4) is 0 Å². The molecule has 108 valence electrons. The van der Waals surface area contributed by atoms with Crippen molar-refractivity contribution in [3.05, 3.63) is 35.1 Å². The van der Waals surface area contributed by atoms with Crippen molar-refractivity contribution in [1.29, 1.82) is 0 Å². The van der Waals surface area contributed by atoms with Gasteiger partial charge in [-0.2, -0.15) is 13.2 Å². The van der Waals surface area contributed by atoms with E-state index < -0.39 is 36.5 Å². The third-order valence-electron chi connectivity index (χ3n) is 3.07. The average Bonchev–Trinajstić information content (AvgIpc) is 2.34. The van der Waals surface area contributed by atoms with E-state index in [9.17, 15) is 27.2 Å². The van der Waals surface area contributed by atoms with Gasteiger partial charge < -0.3 is 10.0 Å². The Hall–Kier alpha value is -2.12. The minimum absolute atomic E-state index is 0.00255. The molecular formula is C12H9F4NO3. The van der Waals surface area contributed by atoms with E-state index in [1.807, 2.05) is 0 Å². The van der Waals surface area contributed by atoms with Gasteiger partial charge in [-0.05, 0) is 29.7 Å². The van der Waals surface area contributed by atoms with Crippen molar-refractivity contribution < 1.29 is 32.3 Å². The van der Waals surface area contributed by atoms with Crippen molar-refractivity contribution in [1.82, 2.24) is 4.90 Å². The monoisotopic (exact) mass is 291 g/mol. The number of hydrogen-bond acceptors (Lipinski definition) is 2. The number of aliphatic carboxylic acids is 1. The van der Waals surface area contributed by atoms with Crippen LogP contribution in [0.4, 0.5) is 17.6 Å². The summed E-state index contributed by atoms with van der Waals surface area (Å²) in [4.78, 5) is 22.7. The van der Waals surface area contributed by atoms with Crippen LogP contribution in [0.1, 0.15) is 17.2 Å². The molecule has 0 unspecified atom stereocenters. The maximum atomic E-state index is 13.1. The van der Waals surface area contributed by atoms with Crippen molar-refractivity contribution in [2.45, 2.75) is 18.6 Å². The van der Waals surface area contributed by atoms with Crippen LogP contribution in [-0.2, 0) is 16.0 Å². The van der Waals surface area contributed by atoms with Crippen molar-refractivity contribution in [2.75, 3.05) is 6.54 Å². The van der Waals surface area contributed by atoms with Gasteiger partial charge in [0.05, 0.1) is 0 Å². The lowest BCUT2D eigenvalue weighted by atomic mass is 9.92. The average molecular weight is 291 g/mol. The van der Waals surface area contributed by atoms with E-state index in [1.54, 1.807) is 0 Å². The molecule has 0 aliphatic carbocycles. The summed E-state index contributed by atoms with van der Waals surface area (Å²) < 4.78 is 50.5. The number of fused-ring (bicyclic) bond motifs is 1. The molecule has 1 aliphatic rings. The lowest BCUT2D eigenvalue weighted by Crippen LogP contribution is -2.48. The molecule has 20 heavy (non-hydrogen) atoms. The number of carboxylic acids is 1. The number of carbonyl (C=O) groups excluding carboxylic acids is 1. The van der Waals surface area contributed by atoms with Gasteiger partial charge in [-0.15, -0.1) is 0 Å². The molecule has 1 atom stereocenters. The zero-order chi connectivity index (χ0) is 15.1. The standard InChI is InChI=1S/C12H9F4NO3/c13-7-1-2-8-6(5-7)3-4-17(9(8)10(18)19)11(20)12(14,15)16/h1-2,5,9H,3-4H2,(H,18,19)/t9-/m1/s1. The number of alkyl halides is 3. The predicted octanol–water partition coefficient (Wildman–Crippen LogP) is 1.90. The van der Waals surface area contributed by atoms with Gasteiger partial charge in [-0.25, -0.2) is 9.18 Å². The summed E-state index contributed by atoms with van der Waals surface area (Å²) in [6, 6.07) is 1.37. The van der Waals surface area contributed by atoms with Crippen LogP contribution in [0.15, 0.2) is 18.2 Å². The molecule has 1 N–H and O–H groups in total. The minimum atomic E-state index is -5.15. The number of halogens is 4. The first-order valence-electron chi connectivity index (χ1n) is 5.60. The van der Waals surface area contributed by atoms with Gasteiger partial charge in [0, 0.05) is 6.54 Å². The Bertz CT molecular complexity index is 570. The summed E-state index contributed by atoms with van der Waals surface area (Å²) in [7, 11) is 0. The lowest BCUT2D eigenvalue weighted by molar-refractivity contribution is -0.190. The second-order valence-electron chi connectivity index (χ2n) is 4.33. The van der Waals surface area contributed by atoms with Crippen LogP contribution < -0.4 is 0 Å². The number of amides is 1. The van der Waals surface area contributed by atoms with Crippen molar-refractivity contribution in [3.63, 3.8) is 0 Å². The first-order valence-corrected chi connectivity index (χ1v) is 5.60. The first kappa shape index (κ1) is 14.3. The van der Waals surface area contributed by atoms with Crippen LogP contribution in [-0.4, -0.2) is 34.6 Å². The van der Waals surface area contributed by atoms with E-state index >= 15 is 0 Å². The second-order valence-corrected chi connectivity index (χ2v) is 4.33. The Balaban J connectivity index is 2.46. The molecule has 0 spiro atoms. The Morgan fingerprint density at radius 1 is 1.30 bits per heavy atom. The highest BCUT2D eigenvalue weighted by molar-refractivity contribution is 5.88. The third-order valence-corrected chi connectivity index (χ3v) is 3.07. The van der Waals surface area contributed by atoms with E-state index in [0.29, 0.717) is 5.56 Å². The van der Waals surface area contributed by atoms with Crippen LogP contribution in [0, 0.1) is 5.82 Å². The first-order chi connectivity index (χ1) is 9.21. The summed E-state index contributed by atoms with van der Waals surface area (Å²) in [6.07, 6.45) is -5.18. The van der Waals surface area contributed by atoms with E-state index in [-0.39, 0.29) is 16.9 Å². The van der Waals surface area contributed by atoms with Gasteiger partial charge in [-0.1, -0.05) is 6.07 Å². The van der Waals surface area contributed by atoms with E-state index in [2.05, 4.69) is 0 Å². The molecule has 1 aliphatic heterocycles. The van der Waals surface area contributed by atoms with E-state index in [4.69, 9.17) is 5.11 Å². The molecule has 0 aromatic heterocycles. The summed E-state index contributed by atoms with van der Waals surface area (Å²) >= 11 is 0. The fraction of sp³-hybridized carbons (Fsp3) is 0.333. The number of carbonyl (C=O) groups is 2. The van der Waals surface area contributed by atoms with Crippen LogP contribution in [0.5, 0.6) is 0 Å². The van der Waals surface area contributed by atoms with Gasteiger partial charge in [0.15, 0.2) is 6.04 Å². The number of carboxylic acid groups (broad SMARTS) is 1. The van der Waals surface area contributed by atoms with Gasteiger partial charge in [-0.3, -0.25) is 4.79 Å². The van der Waals surface area contributed by atoms with Gasteiger partial charge in [0.2, 0.25) is 0 Å². The van der Waals surface area contributed by atoms with Crippen LogP contribution in [0.25, 0.3) is 0 Å². The van der Waals surface area contributed by atoms with Gasteiger partial charge >= 0.3 is 18.1 Å². The predicted molar refractivity (Wildman–Crippen MR) is 58.2 cm³/mol. The molecule has 0 fully saturated rings. The molecule has 8 heteroatoms. The quantitative estimate of drug-likeness (QED) is 0.804. The highest BCUT2D eigenvalue weighted by Gasteiger charge is 2.48. The fourth-order valence-electron chi connectivity index (χ4n) is 2.24. The zero-order valence-corrected chi connectivity index (χ0v) is 9.95. The smallest absolute Gasteiger partial charge is 0.471 e. The summed E-state index contributed by atoms with van der Waals surface area (Å²) in [5, 5.41) is 9.08. The molecule has 4 nitrogen and oxygen atoms in total. The SMILES string of the molecule is O=C(O)[C@H]1c2ccc(F)cc2CCN1C(=O)C(F)(F)F. The Morgan fingerprint density at radius 3 is 2.50 bits per heavy atom. The normalized spacial score (nSPS) is 18.6. The number of rotatable bonds is 1. The highest BCUT2D eigenvalue weighted by Crippen LogP contribution is 2.33. The molecule has 1 aromatic carbocycles. The molecule has 0 bridgehead atoms. The van der Waals surface area contributed by atoms with E-state index in [1.165, 1.54) is 0 Å². The van der Waals surface area contributed by atoms with Crippen LogP contribution in [0.2, 0.25) is 0 Å². The fourth-order valence-corrected chi connectivity index (χ4v) is 2.24. The minimum Gasteiger partial charge on any atom is -0.479 e. The van der Waals surface area contributed by atoms with Crippen LogP contribution in [0.3, 0.4) is 0 Å². The van der Waals surface area contributed by atoms with Gasteiger partial charge in [0.1, 0.15) is 5.82 Å². The van der Waals surface area contributed by atoms with E-state index in [0.717, 1.165) is 18.2 Å². The molecule has 2 rings (SSSR count). The maximum absolute atomic E-state index is 13.1. The number of benzene rings is 1. The van der Waals surface area contributed by atoms with Gasteiger partial charge in [0.25, 0.3) is 0 Å². The largest absolute Gasteiger partial charge is 0.479 e. The summed E-state index contributed by atoms with van der Waals surface area (Å²) in [6.45, 7) is -0.425. The highest BCUT2D eigenvalue weighted by atomic mass is 19.4. The topological polar surface area (TPSA) is 57.6 Å². The Kier molecular flexibility index (Phi) is 3.41. The number of hydrogen-bond donors (Lipinski definition) is 1. The number of nitrogens with zero attached hydrogens (tertiary/aromatic N) is 1. The molecule has 0 saturated heterocycles. The molecule has 1 amide bonds. The summed E-state index contributed by atoms with van der Waals surface area (Å²) in [5.74, 6) is -4.40. The Labute approximate surface area is 110 Å². The third kappa shape index (κ3) is 2.45. The van der Waals surface area contributed by atoms with Crippen molar-refractivity contribution >= 4 is 11.9 Å². The zero-order valence-electron chi connectivity index (χ0n) is 9.95. The maximum Gasteiger partial charge on any atom is 0.471 e. The second kappa shape index (κ2) is 4.77. The lowest BCUT2D eigenvalue weighted by Gasteiger charge is -2.35. The molecule has 0 saturated carbocycles. The van der Waals surface area contributed by atoms with Crippen LogP contribution >= 0.6 is 0 Å². The Morgan fingerprint density at radius 2 is 1.95 bits per heavy atom. The summed E-state index contributed by atoms with van der Waals surface area (Å²) in [5.41, 5.74) is 0.298. The molecule has 0 radical (unpaired) electrons. The molecule has 1 aromatic rings. The molecule has 1 heterocycles. The van der Waals surface area contributed by atoms with Crippen molar-refractivity contribution in [2.24, 2.45) is 0 Å².